The van der Waals surface area contributed by atoms with Crippen molar-refractivity contribution in [2.45, 2.75) is 76.8 Å². The maximum Gasteiger partial charge on any atom is 0.338 e. The van der Waals surface area contributed by atoms with Gasteiger partial charge in [-0.15, -0.1) is 0 Å². The SMILES string of the molecule is CC1(C)O[C@@H]2[C@H](O1)C(=O)OC[C@H]2O[Si](C)(C)C(C)(C)C. The predicted molar refractivity (Wildman–Crippen MR) is 76.9 cm³/mol. The van der Waals surface area contributed by atoms with E-state index in [1.165, 1.54) is 0 Å². The molecule has 0 aromatic carbocycles. The average Bonchev–Trinajstić information content (AvgIpc) is 2.57. The van der Waals surface area contributed by atoms with E-state index in [-0.39, 0.29) is 29.8 Å². The van der Waals surface area contributed by atoms with E-state index in [4.69, 9.17) is 18.6 Å². The molecule has 2 saturated heterocycles. The monoisotopic (exact) mass is 302 g/mol. The molecule has 0 saturated carbocycles. The summed E-state index contributed by atoms with van der Waals surface area (Å²) in [4.78, 5) is 11.8. The van der Waals surface area contributed by atoms with Gasteiger partial charge in [-0.3, -0.25) is 0 Å². The lowest BCUT2D eigenvalue weighted by atomic mass is 10.1. The van der Waals surface area contributed by atoms with Crippen LogP contribution >= 0.6 is 0 Å². The maximum atomic E-state index is 11.8. The van der Waals surface area contributed by atoms with Gasteiger partial charge in [0.25, 0.3) is 0 Å². The molecular weight excluding hydrogens is 276 g/mol. The first kappa shape index (κ1) is 15.9. The smallest absolute Gasteiger partial charge is 0.338 e. The predicted octanol–water partition coefficient (Wildman–Crippen LogP) is 2.45. The maximum absolute atomic E-state index is 11.8. The van der Waals surface area contributed by atoms with Gasteiger partial charge in [-0.2, -0.15) is 0 Å². The molecule has 0 aromatic rings. The molecule has 0 aromatic heterocycles. The van der Waals surface area contributed by atoms with Crippen molar-refractivity contribution in [2.24, 2.45) is 0 Å². The summed E-state index contributed by atoms with van der Waals surface area (Å²) in [5.74, 6) is -1.12. The van der Waals surface area contributed by atoms with Crippen LogP contribution < -0.4 is 0 Å². The van der Waals surface area contributed by atoms with Crippen LogP contribution in [0, 0.1) is 0 Å². The minimum Gasteiger partial charge on any atom is -0.461 e. The standard InChI is InChI=1S/C14H26O5Si/c1-13(2,3)20(6,7)19-9-8-16-12(15)11-10(9)17-14(4,5)18-11/h9-11H,8H2,1-7H3/t9-,10+,11+/m1/s1. The zero-order valence-corrected chi connectivity index (χ0v) is 14.5. The Balaban J connectivity index is 2.15. The highest BCUT2D eigenvalue weighted by Gasteiger charge is 2.54. The van der Waals surface area contributed by atoms with Crippen LogP contribution in [0.3, 0.4) is 0 Å². The summed E-state index contributed by atoms with van der Waals surface area (Å²) in [7, 11) is -1.95. The van der Waals surface area contributed by atoms with E-state index in [0.717, 1.165) is 0 Å². The summed E-state index contributed by atoms with van der Waals surface area (Å²) >= 11 is 0. The van der Waals surface area contributed by atoms with E-state index in [1.807, 2.05) is 13.8 Å². The fourth-order valence-electron chi connectivity index (χ4n) is 2.24. The minimum atomic E-state index is -1.95. The van der Waals surface area contributed by atoms with Gasteiger partial charge in [-0.25, -0.2) is 4.79 Å². The van der Waals surface area contributed by atoms with Gasteiger partial charge >= 0.3 is 5.97 Å². The summed E-state index contributed by atoms with van der Waals surface area (Å²) in [6.45, 7) is 14.8. The summed E-state index contributed by atoms with van der Waals surface area (Å²) in [6.07, 6.45) is -1.30. The Hall–Kier alpha value is -0.433. The molecule has 2 aliphatic heterocycles. The van der Waals surface area contributed by atoms with Crippen molar-refractivity contribution in [3.8, 4) is 0 Å². The van der Waals surface area contributed by atoms with E-state index in [1.54, 1.807) is 0 Å². The number of rotatable bonds is 2. The first-order chi connectivity index (χ1) is 8.93. The normalized spacial score (nSPS) is 33.8. The quantitative estimate of drug-likeness (QED) is 0.579. The van der Waals surface area contributed by atoms with E-state index in [2.05, 4.69) is 33.9 Å². The third-order valence-corrected chi connectivity index (χ3v) is 8.87. The second-order valence-corrected chi connectivity index (χ2v) is 12.3. The topological polar surface area (TPSA) is 54.0 Å². The Kier molecular flexibility index (Phi) is 3.82. The van der Waals surface area contributed by atoms with E-state index >= 15 is 0 Å². The largest absolute Gasteiger partial charge is 0.461 e. The molecule has 0 aliphatic carbocycles. The van der Waals surface area contributed by atoms with Crippen molar-refractivity contribution in [1.29, 1.82) is 0 Å². The van der Waals surface area contributed by atoms with Crippen molar-refractivity contribution in [2.75, 3.05) is 6.61 Å². The van der Waals surface area contributed by atoms with Gasteiger partial charge in [-0.1, -0.05) is 20.8 Å². The molecule has 5 nitrogen and oxygen atoms in total. The molecule has 116 valence electrons. The third kappa shape index (κ3) is 2.93. The number of ether oxygens (including phenoxy) is 3. The number of hydrogen-bond donors (Lipinski definition) is 0. The summed E-state index contributed by atoms with van der Waals surface area (Å²) in [6, 6.07) is 0. The molecule has 20 heavy (non-hydrogen) atoms. The fourth-order valence-corrected chi connectivity index (χ4v) is 3.55. The molecular formula is C14H26O5Si. The zero-order valence-electron chi connectivity index (χ0n) is 13.5. The zero-order chi connectivity index (χ0) is 15.3. The van der Waals surface area contributed by atoms with Crippen molar-refractivity contribution in [1.82, 2.24) is 0 Å². The lowest BCUT2D eigenvalue weighted by Gasteiger charge is -2.42. The molecule has 6 heteroatoms. The van der Waals surface area contributed by atoms with Crippen LogP contribution in [-0.2, 0) is 23.4 Å². The van der Waals surface area contributed by atoms with Crippen molar-refractivity contribution in [3.05, 3.63) is 0 Å². The lowest BCUT2D eigenvalue weighted by molar-refractivity contribution is -0.171. The average molecular weight is 302 g/mol. The number of carbonyl (C=O) groups is 1. The molecule has 0 bridgehead atoms. The number of cyclic esters (lactones) is 1. The molecule has 0 radical (unpaired) electrons. The van der Waals surface area contributed by atoms with Crippen LogP contribution in [0.25, 0.3) is 0 Å². The van der Waals surface area contributed by atoms with Gasteiger partial charge in [0.15, 0.2) is 20.2 Å². The molecule has 0 N–H and O–H groups in total. The highest BCUT2D eigenvalue weighted by molar-refractivity contribution is 6.74. The van der Waals surface area contributed by atoms with E-state index in [9.17, 15) is 4.79 Å². The third-order valence-electron chi connectivity index (χ3n) is 4.37. The highest BCUT2D eigenvalue weighted by atomic mass is 28.4. The molecule has 0 amide bonds. The Labute approximate surface area is 122 Å². The van der Waals surface area contributed by atoms with Crippen LogP contribution in [-0.4, -0.2) is 45.0 Å². The molecule has 3 atom stereocenters. The van der Waals surface area contributed by atoms with Crippen molar-refractivity contribution >= 4 is 14.3 Å². The molecule has 0 spiro atoms. The van der Waals surface area contributed by atoms with Gasteiger partial charge in [-0.05, 0) is 32.0 Å². The second-order valence-electron chi connectivity index (χ2n) is 7.57. The van der Waals surface area contributed by atoms with Gasteiger partial charge in [0.1, 0.15) is 18.8 Å². The van der Waals surface area contributed by atoms with Gasteiger partial charge in [0, 0.05) is 0 Å². The van der Waals surface area contributed by atoms with Crippen LogP contribution in [0.15, 0.2) is 0 Å². The molecule has 0 unspecified atom stereocenters. The van der Waals surface area contributed by atoms with Crippen LogP contribution in [0.5, 0.6) is 0 Å². The summed E-state index contributed by atoms with van der Waals surface area (Å²) < 4.78 is 23.1. The summed E-state index contributed by atoms with van der Waals surface area (Å²) in [5.41, 5.74) is 0. The second kappa shape index (κ2) is 4.80. The van der Waals surface area contributed by atoms with Gasteiger partial charge in [0.05, 0.1) is 0 Å². The van der Waals surface area contributed by atoms with Gasteiger partial charge < -0.3 is 18.6 Å². The molecule has 2 rings (SSSR count). The number of esters is 1. The highest BCUT2D eigenvalue weighted by Crippen LogP contribution is 2.40. The van der Waals surface area contributed by atoms with E-state index < -0.39 is 20.2 Å². The minimum absolute atomic E-state index is 0.0962. The molecule has 2 heterocycles. The van der Waals surface area contributed by atoms with Crippen LogP contribution in [0.2, 0.25) is 18.1 Å². The first-order valence-electron chi connectivity index (χ1n) is 7.13. The fraction of sp³-hybridized carbons (Fsp3) is 0.929. The molecule has 2 aliphatic rings. The Bertz CT molecular complexity index is 399. The summed E-state index contributed by atoms with van der Waals surface area (Å²) in [5, 5.41) is 0.0962. The van der Waals surface area contributed by atoms with E-state index in [0.29, 0.717) is 0 Å². The van der Waals surface area contributed by atoms with Crippen molar-refractivity contribution < 1.29 is 23.4 Å². The molecule has 2 fully saturated rings. The Morgan fingerprint density at radius 1 is 1.25 bits per heavy atom. The number of hydrogen-bond acceptors (Lipinski definition) is 5. The Morgan fingerprint density at radius 2 is 1.85 bits per heavy atom. The Morgan fingerprint density at radius 3 is 2.40 bits per heavy atom. The lowest BCUT2D eigenvalue weighted by Crippen LogP contribution is -2.55. The van der Waals surface area contributed by atoms with Gasteiger partial charge in [0.2, 0.25) is 0 Å². The van der Waals surface area contributed by atoms with Crippen LogP contribution in [0.4, 0.5) is 0 Å². The van der Waals surface area contributed by atoms with Crippen molar-refractivity contribution in [3.63, 3.8) is 0 Å². The number of fused-ring (bicyclic) bond motifs is 1. The first-order valence-corrected chi connectivity index (χ1v) is 10.0. The van der Waals surface area contributed by atoms with Crippen LogP contribution in [0.1, 0.15) is 34.6 Å². The number of carbonyl (C=O) groups excluding carboxylic acids is 1.